The third kappa shape index (κ3) is 4.94. The van der Waals surface area contributed by atoms with E-state index in [0.29, 0.717) is 18.1 Å². The van der Waals surface area contributed by atoms with Gasteiger partial charge in [0.1, 0.15) is 5.75 Å². The van der Waals surface area contributed by atoms with Crippen LogP contribution in [0.1, 0.15) is 19.4 Å². The van der Waals surface area contributed by atoms with E-state index in [2.05, 4.69) is 5.32 Å². The monoisotopic (exact) mass is 270 g/mol. The number of amides is 1. The summed E-state index contributed by atoms with van der Waals surface area (Å²) in [5, 5.41) is 12.5. The molecule has 2 N–H and O–H groups in total. The summed E-state index contributed by atoms with van der Waals surface area (Å²) in [6.07, 6.45) is 0. The summed E-state index contributed by atoms with van der Waals surface area (Å²) in [6, 6.07) is 5.19. The molecule has 18 heavy (non-hydrogen) atoms. The third-order valence-corrected chi connectivity index (χ3v) is 2.63. The van der Waals surface area contributed by atoms with Gasteiger partial charge in [0, 0.05) is 12.6 Å². The molecule has 0 unspecified atom stereocenters. The molecular weight excluding hydrogens is 252 g/mol. The average Bonchev–Trinajstić information content (AvgIpc) is 2.21. The van der Waals surface area contributed by atoms with E-state index >= 15 is 0 Å². The Labute approximate surface area is 113 Å². The van der Waals surface area contributed by atoms with Crippen LogP contribution >= 0.6 is 11.6 Å². The highest BCUT2D eigenvalue weighted by Crippen LogP contribution is 2.23. The first-order valence-electron chi connectivity index (χ1n) is 5.83. The molecule has 0 saturated heterocycles. The number of carbonyl (C=O) groups is 1. The molecule has 1 rings (SSSR count). The first-order valence-corrected chi connectivity index (χ1v) is 6.21. The van der Waals surface area contributed by atoms with Crippen molar-refractivity contribution in [2.45, 2.75) is 26.4 Å². The molecule has 0 aliphatic rings. The normalized spacial score (nSPS) is 11.0. The van der Waals surface area contributed by atoms with Crippen LogP contribution in [0.2, 0.25) is 5.02 Å². The highest BCUT2D eigenvalue weighted by atomic mass is 35.5. The van der Waals surface area contributed by atoms with Gasteiger partial charge >= 0.3 is 0 Å². The number of hydrogen-bond donors (Lipinski definition) is 2. The number of nitrogens with zero attached hydrogens (tertiary/aromatic N) is 1. The SMILES string of the molecule is CC(C)NC(=O)CN(C)Cc1ccc(O)c(Cl)c1. The Morgan fingerprint density at radius 3 is 2.72 bits per heavy atom. The van der Waals surface area contributed by atoms with Crippen LogP contribution in [0.5, 0.6) is 5.75 Å². The van der Waals surface area contributed by atoms with Crippen LogP contribution < -0.4 is 5.32 Å². The maximum absolute atomic E-state index is 11.6. The van der Waals surface area contributed by atoms with Gasteiger partial charge in [0.2, 0.25) is 5.91 Å². The highest BCUT2D eigenvalue weighted by molar-refractivity contribution is 6.32. The van der Waals surface area contributed by atoms with E-state index in [4.69, 9.17) is 11.6 Å². The van der Waals surface area contributed by atoms with Gasteiger partial charge in [-0.15, -0.1) is 0 Å². The zero-order valence-corrected chi connectivity index (χ0v) is 11.7. The second-order valence-electron chi connectivity index (χ2n) is 4.68. The molecule has 0 aliphatic carbocycles. The summed E-state index contributed by atoms with van der Waals surface area (Å²) in [5.74, 6) is 0.0676. The van der Waals surface area contributed by atoms with Crippen LogP contribution in [0.4, 0.5) is 0 Å². The van der Waals surface area contributed by atoms with E-state index in [1.54, 1.807) is 18.2 Å². The fourth-order valence-electron chi connectivity index (χ4n) is 1.63. The fraction of sp³-hybridized carbons (Fsp3) is 0.462. The Morgan fingerprint density at radius 1 is 1.50 bits per heavy atom. The molecule has 1 aromatic rings. The van der Waals surface area contributed by atoms with Gasteiger partial charge in [-0.1, -0.05) is 17.7 Å². The van der Waals surface area contributed by atoms with Crippen LogP contribution in [0, 0.1) is 0 Å². The number of halogens is 1. The Bertz CT molecular complexity index is 421. The molecule has 0 heterocycles. The average molecular weight is 271 g/mol. The summed E-state index contributed by atoms with van der Waals surface area (Å²) in [5.41, 5.74) is 0.956. The lowest BCUT2D eigenvalue weighted by Crippen LogP contribution is -2.38. The van der Waals surface area contributed by atoms with Crippen LogP contribution in [0.25, 0.3) is 0 Å². The Hall–Kier alpha value is -1.26. The van der Waals surface area contributed by atoms with Gasteiger partial charge in [0.05, 0.1) is 11.6 Å². The minimum absolute atomic E-state index is 0.00243. The predicted molar refractivity (Wildman–Crippen MR) is 72.7 cm³/mol. The molecule has 100 valence electrons. The second kappa shape index (κ2) is 6.61. The molecule has 0 saturated carbocycles. The van der Waals surface area contributed by atoms with Crippen molar-refractivity contribution in [2.75, 3.05) is 13.6 Å². The van der Waals surface area contributed by atoms with Crippen LogP contribution in [-0.4, -0.2) is 35.5 Å². The number of rotatable bonds is 5. The lowest BCUT2D eigenvalue weighted by atomic mass is 10.2. The maximum Gasteiger partial charge on any atom is 0.234 e. The molecule has 0 radical (unpaired) electrons. The maximum atomic E-state index is 11.6. The summed E-state index contributed by atoms with van der Waals surface area (Å²) in [6.45, 7) is 4.79. The van der Waals surface area contributed by atoms with Crippen molar-refractivity contribution in [1.82, 2.24) is 10.2 Å². The molecule has 0 atom stereocenters. The number of phenolic OH excluding ortho intramolecular Hbond substituents is 1. The van der Waals surface area contributed by atoms with E-state index in [9.17, 15) is 9.90 Å². The molecule has 0 aromatic heterocycles. The van der Waals surface area contributed by atoms with Crippen molar-refractivity contribution >= 4 is 17.5 Å². The van der Waals surface area contributed by atoms with Crippen molar-refractivity contribution in [1.29, 1.82) is 0 Å². The Morgan fingerprint density at radius 2 is 2.17 bits per heavy atom. The quantitative estimate of drug-likeness (QED) is 0.861. The number of likely N-dealkylation sites (N-methyl/N-ethyl adjacent to an activating group) is 1. The van der Waals surface area contributed by atoms with E-state index in [1.807, 2.05) is 25.8 Å². The van der Waals surface area contributed by atoms with Crippen LogP contribution in [0.15, 0.2) is 18.2 Å². The standard InChI is InChI=1S/C13H19ClN2O2/c1-9(2)15-13(18)8-16(3)7-10-4-5-12(17)11(14)6-10/h4-6,9,17H,7-8H2,1-3H3,(H,15,18). The zero-order valence-electron chi connectivity index (χ0n) is 10.9. The van der Waals surface area contributed by atoms with E-state index in [0.717, 1.165) is 5.56 Å². The third-order valence-electron chi connectivity index (χ3n) is 2.33. The van der Waals surface area contributed by atoms with Gasteiger partial charge in [-0.2, -0.15) is 0 Å². The lowest BCUT2D eigenvalue weighted by molar-refractivity contribution is -0.122. The smallest absolute Gasteiger partial charge is 0.234 e. The minimum atomic E-state index is -0.00243. The number of nitrogens with one attached hydrogen (secondary N) is 1. The summed E-state index contributed by atoms with van der Waals surface area (Å²) in [7, 11) is 1.86. The highest BCUT2D eigenvalue weighted by Gasteiger charge is 2.09. The van der Waals surface area contributed by atoms with Crippen molar-refractivity contribution < 1.29 is 9.90 Å². The van der Waals surface area contributed by atoms with Gasteiger partial charge in [-0.25, -0.2) is 0 Å². The van der Waals surface area contributed by atoms with Gasteiger partial charge in [-0.3, -0.25) is 9.69 Å². The van der Waals surface area contributed by atoms with Crippen molar-refractivity contribution in [3.8, 4) is 5.75 Å². The summed E-state index contributed by atoms with van der Waals surface area (Å²) >= 11 is 5.82. The molecule has 5 heteroatoms. The van der Waals surface area contributed by atoms with Gasteiger partial charge in [-0.05, 0) is 38.6 Å². The minimum Gasteiger partial charge on any atom is -0.506 e. The number of benzene rings is 1. The zero-order chi connectivity index (χ0) is 13.7. The summed E-state index contributed by atoms with van der Waals surface area (Å²) < 4.78 is 0. The van der Waals surface area contributed by atoms with Crippen LogP contribution in [0.3, 0.4) is 0 Å². The second-order valence-corrected chi connectivity index (χ2v) is 5.09. The molecule has 4 nitrogen and oxygen atoms in total. The first-order chi connectivity index (χ1) is 8.38. The van der Waals surface area contributed by atoms with Crippen molar-refractivity contribution in [3.63, 3.8) is 0 Å². The molecule has 1 aromatic carbocycles. The number of hydrogen-bond acceptors (Lipinski definition) is 3. The first kappa shape index (κ1) is 14.8. The summed E-state index contributed by atoms with van der Waals surface area (Å²) in [4.78, 5) is 13.4. The van der Waals surface area contributed by atoms with Crippen molar-refractivity contribution in [3.05, 3.63) is 28.8 Å². The molecule has 0 spiro atoms. The van der Waals surface area contributed by atoms with E-state index < -0.39 is 0 Å². The molecule has 1 amide bonds. The number of phenols is 1. The van der Waals surface area contributed by atoms with Crippen molar-refractivity contribution in [2.24, 2.45) is 0 Å². The molecule has 0 fully saturated rings. The lowest BCUT2D eigenvalue weighted by Gasteiger charge is -2.17. The van der Waals surface area contributed by atoms with Gasteiger partial charge in [0.25, 0.3) is 0 Å². The Balaban J connectivity index is 2.51. The Kier molecular flexibility index (Phi) is 5.44. The fourth-order valence-corrected chi connectivity index (χ4v) is 1.83. The largest absolute Gasteiger partial charge is 0.506 e. The molecular formula is C13H19ClN2O2. The predicted octanol–water partition coefficient (Wildman–Crippen LogP) is 2.00. The number of aromatic hydroxyl groups is 1. The van der Waals surface area contributed by atoms with Gasteiger partial charge in [0.15, 0.2) is 0 Å². The van der Waals surface area contributed by atoms with Gasteiger partial charge < -0.3 is 10.4 Å². The van der Waals surface area contributed by atoms with Crippen LogP contribution in [-0.2, 0) is 11.3 Å². The van der Waals surface area contributed by atoms with E-state index in [-0.39, 0.29) is 17.7 Å². The molecule has 0 bridgehead atoms. The van der Waals surface area contributed by atoms with E-state index in [1.165, 1.54) is 0 Å². The topological polar surface area (TPSA) is 52.6 Å². The number of carbonyl (C=O) groups excluding carboxylic acids is 1. The molecule has 0 aliphatic heterocycles.